The molecule has 0 saturated carbocycles. The zero-order valence-electron chi connectivity index (χ0n) is 26.7. The van der Waals surface area contributed by atoms with Gasteiger partial charge in [0.25, 0.3) is 5.65 Å². The average Bonchev–Trinajstić information content (AvgIpc) is 3.39. The van der Waals surface area contributed by atoms with E-state index in [0.717, 1.165) is 0 Å². The Bertz CT molecular complexity index is 1990. The number of rotatable bonds is 1. The van der Waals surface area contributed by atoms with Crippen molar-refractivity contribution < 1.29 is 20.8 Å². The van der Waals surface area contributed by atoms with Crippen LogP contribution >= 0.6 is 0 Å². The summed E-state index contributed by atoms with van der Waals surface area (Å²) < 4.78 is 105. The van der Waals surface area contributed by atoms with Gasteiger partial charge < -0.3 is 0 Å². The Kier molecular flexibility index (Phi) is 1.38. The number of hydrogen-bond acceptors (Lipinski definition) is 0. The molecule has 0 N–H and O–H groups in total. The molecule has 27 heavy (non-hydrogen) atoms. The van der Waals surface area contributed by atoms with Crippen molar-refractivity contribution in [3.8, 4) is 11.3 Å². The Morgan fingerprint density at radius 2 is 1.89 bits per heavy atom. The van der Waals surface area contributed by atoms with Crippen LogP contribution in [0.15, 0.2) is 60.6 Å². The monoisotopic (exact) mass is 361 g/mol. The summed E-state index contributed by atoms with van der Waals surface area (Å²) in [5, 5.41) is 0.897. The van der Waals surface area contributed by atoms with Crippen LogP contribution in [0.2, 0.25) is 0 Å². The smallest absolute Gasteiger partial charge is 0.225 e. The lowest BCUT2D eigenvalue weighted by atomic mass is 9.98. The van der Waals surface area contributed by atoms with E-state index >= 15 is 0 Å². The molecule has 0 unspecified atom stereocenters. The summed E-state index contributed by atoms with van der Waals surface area (Å²) in [6, 6.07) is -0.819. The summed E-state index contributed by atoms with van der Waals surface area (Å²) in [6.07, 6.45) is -0.179. The zero-order valence-corrected chi connectivity index (χ0v) is 14.7. The Morgan fingerprint density at radius 1 is 1.04 bits per heavy atom. The zero-order chi connectivity index (χ0) is 28.6. The van der Waals surface area contributed by atoms with Gasteiger partial charge in [-0.2, -0.15) is 4.40 Å². The number of hydrogen-bond donors (Lipinski definition) is 0. The first-order valence-electron chi connectivity index (χ1n) is 14.6. The Labute approximate surface area is 175 Å². The summed E-state index contributed by atoms with van der Waals surface area (Å²) in [5.41, 5.74) is 0.929. The van der Waals surface area contributed by atoms with E-state index in [1.165, 1.54) is 22.0 Å². The van der Waals surface area contributed by atoms with Gasteiger partial charge in [0.2, 0.25) is 0 Å². The van der Waals surface area contributed by atoms with E-state index in [2.05, 4.69) is 0 Å². The van der Waals surface area contributed by atoms with Gasteiger partial charge in [0.1, 0.15) is 19.6 Å². The lowest BCUT2D eigenvalue weighted by Crippen LogP contribution is -2.24. The van der Waals surface area contributed by atoms with Crippen molar-refractivity contribution in [2.75, 3.05) is 0 Å². The van der Waals surface area contributed by atoms with Crippen LogP contribution in [0.1, 0.15) is 38.7 Å². The Morgan fingerprint density at radius 3 is 2.78 bits per heavy atom. The largest absolute Gasteiger partial charge is 0.295 e. The maximum atomic E-state index is 9.19. The van der Waals surface area contributed by atoms with Gasteiger partial charge in [-0.15, -0.1) is 0 Å². The van der Waals surface area contributed by atoms with E-state index in [9.17, 15) is 1.37 Å². The van der Waals surface area contributed by atoms with Crippen LogP contribution in [-0.4, -0.2) is 4.57 Å². The predicted molar refractivity (Wildman–Crippen MR) is 111 cm³/mol. The molecule has 2 heteroatoms. The third-order valence-electron chi connectivity index (χ3n) is 5.21. The second-order valence-electron chi connectivity index (χ2n) is 6.86. The predicted octanol–water partition coefficient (Wildman–Crippen LogP) is 5.49. The van der Waals surface area contributed by atoms with Crippen molar-refractivity contribution in [1.82, 2.24) is 4.57 Å². The normalized spacial score (nSPS) is 19.6. The van der Waals surface area contributed by atoms with E-state index < -0.39 is 24.5 Å². The second kappa shape index (κ2) is 4.98. The fourth-order valence-electron chi connectivity index (χ4n) is 4.08. The van der Waals surface area contributed by atoms with Crippen LogP contribution < -0.4 is 4.40 Å². The van der Waals surface area contributed by atoms with E-state index in [0.29, 0.717) is 22.2 Å². The molecule has 5 aromatic rings. The van der Waals surface area contributed by atoms with Crippen LogP contribution in [0.3, 0.4) is 0 Å². The van der Waals surface area contributed by atoms with Crippen molar-refractivity contribution >= 4 is 27.3 Å². The fraction of sp³-hybridized carbons (Fsp3) is 0.160. The van der Waals surface area contributed by atoms with E-state index in [1.54, 1.807) is 6.92 Å². The lowest BCUT2D eigenvalue weighted by molar-refractivity contribution is -0.466. The SMILES string of the molecule is [2H]c1cc2c(c([2H])c1C)c1c([2H])c([2H])c([2H])c3c1c1n(c([2H])c(-c4c(C)c([2H])c([2H])c([2H])c4C([2H])([2H])[2H])[n+]21)C3. The molecule has 2 nitrogen and oxygen atoms in total. The molecule has 0 spiro atoms. The van der Waals surface area contributed by atoms with Crippen molar-refractivity contribution in [2.45, 2.75) is 27.2 Å². The first-order chi connectivity index (χ1) is 18.1. The summed E-state index contributed by atoms with van der Waals surface area (Å²) in [5.74, 6) is 0. The van der Waals surface area contributed by atoms with Gasteiger partial charge in [0.15, 0.2) is 5.69 Å². The molecule has 1 aliphatic heterocycles. The van der Waals surface area contributed by atoms with Crippen molar-refractivity contribution in [3.63, 3.8) is 0 Å². The molecule has 0 atom stereocenters. The van der Waals surface area contributed by atoms with Crippen molar-refractivity contribution in [2.24, 2.45) is 0 Å². The van der Waals surface area contributed by atoms with Crippen LogP contribution in [0.25, 0.3) is 38.6 Å². The molecule has 0 amide bonds. The maximum Gasteiger partial charge on any atom is 0.295 e. The minimum Gasteiger partial charge on any atom is -0.225 e. The third-order valence-corrected chi connectivity index (χ3v) is 5.21. The summed E-state index contributed by atoms with van der Waals surface area (Å²) in [6.45, 7) is 0.209. The first kappa shape index (κ1) is 7.47. The molecule has 130 valence electrons. The molecule has 0 bridgehead atoms. The highest BCUT2D eigenvalue weighted by atomic mass is 15.1. The number of benzene rings is 3. The molecule has 3 aromatic carbocycles. The van der Waals surface area contributed by atoms with Gasteiger partial charge >= 0.3 is 0 Å². The van der Waals surface area contributed by atoms with E-state index in [-0.39, 0.29) is 82.1 Å². The number of nitrogens with zero attached hydrogens (tertiary/aromatic N) is 2. The standard InChI is InChI=1S/C25H21N2/c1-15-10-11-21-20(12-15)19-9-5-8-18-13-26-14-22(27(21)25(26)24(18)19)23-16(2)6-4-7-17(23)3/h4-12,14H,13H2,1-3H3/q+1/i2D3,4D,5D,6D,7D,8D,9D,10D,12D,14D. The first-order valence-corrected chi connectivity index (χ1v) is 8.62. The van der Waals surface area contributed by atoms with Crippen LogP contribution in [0.4, 0.5) is 0 Å². The minimum absolute atomic E-state index is 0.00430. The highest BCUT2D eigenvalue weighted by molar-refractivity contribution is 6.11. The highest BCUT2D eigenvalue weighted by Crippen LogP contribution is 2.37. The van der Waals surface area contributed by atoms with Crippen LogP contribution in [-0.2, 0) is 6.54 Å². The quantitative estimate of drug-likeness (QED) is 0.271. The molecule has 0 saturated heterocycles. The molecule has 6 rings (SSSR count). The molecule has 0 fully saturated rings. The molecule has 3 heterocycles. The lowest BCUT2D eigenvalue weighted by Gasteiger charge is -2.09. The molecular formula is C25H21N2+. The van der Waals surface area contributed by atoms with Gasteiger partial charge in [-0.25, -0.2) is 4.57 Å². The molecule has 1 aliphatic rings. The number of fused-ring (bicyclic) bond motifs is 3. The summed E-state index contributed by atoms with van der Waals surface area (Å²) in [7, 11) is 0. The molecule has 0 radical (unpaired) electrons. The van der Waals surface area contributed by atoms with E-state index in [1.807, 2.05) is 0 Å². The molecular weight excluding hydrogens is 328 g/mol. The summed E-state index contributed by atoms with van der Waals surface area (Å²) in [4.78, 5) is 0. The van der Waals surface area contributed by atoms with Gasteiger partial charge in [-0.1, -0.05) is 47.9 Å². The second-order valence-corrected chi connectivity index (χ2v) is 6.86. The van der Waals surface area contributed by atoms with Crippen LogP contribution in [0.5, 0.6) is 0 Å². The topological polar surface area (TPSA) is 9.03 Å². The maximum absolute atomic E-state index is 9.19. The molecule has 0 aliphatic carbocycles. The molecule has 2 aromatic heterocycles. The summed E-state index contributed by atoms with van der Waals surface area (Å²) >= 11 is 0. The van der Waals surface area contributed by atoms with E-state index in [4.69, 9.17) is 15.1 Å². The number of aromatic nitrogens is 2. The third kappa shape index (κ3) is 1.83. The van der Waals surface area contributed by atoms with Gasteiger partial charge in [0.05, 0.1) is 16.4 Å². The highest BCUT2D eigenvalue weighted by Gasteiger charge is 2.31. The van der Waals surface area contributed by atoms with Crippen molar-refractivity contribution in [3.05, 3.63) is 82.8 Å². The Hall–Kier alpha value is -3.13. The van der Waals surface area contributed by atoms with Gasteiger partial charge in [-0.3, -0.25) is 0 Å². The minimum atomic E-state index is -2.86. The van der Waals surface area contributed by atoms with Gasteiger partial charge in [-0.05, 0) is 43.9 Å². The Balaban J connectivity index is 2.01. The van der Waals surface area contributed by atoms with Crippen molar-refractivity contribution in [1.29, 1.82) is 0 Å². The average molecular weight is 362 g/mol. The fourth-order valence-corrected chi connectivity index (χ4v) is 4.08. The number of imidazole rings is 1. The van der Waals surface area contributed by atoms with Crippen LogP contribution in [0, 0.1) is 20.7 Å². The number of pyridine rings is 1. The van der Waals surface area contributed by atoms with Gasteiger partial charge in [0, 0.05) is 26.0 Å².